The Morgan fingerprint density at radius 3 is 1.76 bits per heavy atom. The SMILES string of the molecule is COc1cc(Cc2nc(Cc3ccc(N=Nc4ccccc4)cc3S(=O)(=O)O)nc(NCCS(=O)(=O)O)n2)c(C)cc1N=Nc1cc(S(=O)(=O)O)c2cccc(S(=O)(=O)O)c2c1.O=S(=O)=O. The van der Waals surface area contributed by atoms with Gasteiger partial charge in [-0.25, -0.2) is 4.98 Å². The molecule has 1 aromatic heterocycles. The molecule has 0 fully saturated rings. The van der Waals surface area contributed by atoms with Crippen LogP contribution in [0.4, 0.5) is 28.7 Å². The van der Waals surface area contributed by atoms with Gasteiger partial charge in [0.15, 0.2) is 0 Å². The van der Waals surface area contributed by atoms with Gasteiger partial charge >= 0.3 is 10.6 Å². The Morgan fingerprint density at radius 2 is 1.17 bits per heavy atom. The highest BCUT2D eigenvalue weighted by atomic mass is 32.2. The number of anilines is 1. The number of methoxy groups -OCH3 is 1. The minimum Gasteiger partial charge on any atom is -0.494 e. The molecule has 0 aliphatic rings. The summed E-state index contributed by atoms with van der Waals surface area (Å²) in [5.74, 6) is -0.567. The Morgan fingerprint density at radius 1 is 0.591 bits per heavy atom. The van der Waals surface area contributed by atoms with Gasteiger partial charge in [0.2, 0.25) is 5.95 Å². The lowest BCUT2D eigenvalue weighted by molar-refractivity contribution is 0.415. The minimum atomic E-state index is -4.92. The molecule has 0 unspecified atom stereocenters. The van der Waals surface area contributed by atoms with Gasteiger partial charge in [-0.3, -0.25) is 18.2 Å². The van der Waals surface area contributed by atoms with Crippen LogP contribution < -0.4 is 10.1 Å². The Hall–Kier alpha value is -6.57. The summed E-state index contributed by atoms with van der Waals surface area (Å²) in [4.78, 5) is 11.4. The van der Waals surface area contributed by atoms with E-state index in [1.54, 1.807) is 49.4 Å². The van der Waals surface area contributed by atoms with Gasteiger partial charge in [-0.2, -0.15) is 59.0 Å². The van der Waals surface area contributed by atoms with Gasteiger partial charge in [-0.15, -0.1) is 17.7 Å². The van der Waals surface area contributed by atoms with Crippen molar-refractivity contribution in [2.45, 2.75) is 34.5 Å². The van der Waals surface area contributed by atoms with Gasteiger partial charge in [-0.1, -0.05) is 36.4 Å². The fraction of sp³-hybridized carbons (Fsp3) is 0.162. The quantitative estimate of drug-likeness (QED) is 0.0599. The van der Waals surface area contributed by atoms with Crippen molar-refractivity contribution in [2.75, 3.05) is 24.7 Å². The molecule has 0 bridgehead atoms. The molecule has 0 saturated heterocycles. The van der Waals surface area contributed by atoms with Crippen molar-refractivity contribution in [3.8, 4) is 5.75 Å². The molecule has 0 spiro atoms. The highest BCUT2D eigenvalue weighted by Gasteiger charge is 2.23. The first-order valence-electron chi connectivity index (χ1n) is 18.2. The number of azo groups is 2. The largest absolute Gasteiger partial charge is 0.494 e. The van der Waals surface area contributed by atoms with E-state index in [9.17, 15) is 51.9 Å². The van der Waals surface area contributed by atoms with Crippen LogP contribution >= 0.6 is 0 Å². The fourth-order valence-corrected chi connectivity index (χ4v) is 8.53. The first-order chi connectivity index (χ1) is 30.8. The summed E-state index contributed by atoms with van der Waals surface area (Å²) in [6.45, 7) is 1.38. The highest BCUT2D eigenvalue weighted by molar-refractivity contribution is 7.86. The molecule has 5 N–H and O–H groups in total. The van der Waals surface area contributed by atoms with Crippen LogP contribution in [-0.2, 0) is 63.9 Å². The van der Waals surface area contributed by atoms with E-state index in [4.69, 9.17) is 17.4 Å². The smallest absolute Gasteiger partial charge is 0.425 e. The number of rotatable bonds is 16. The summed E-state index contributed by atoms with van der Waals surface area (Å²) in [7, 11) is -20.7. The number of hydrogen-bond acceptors (Lipinski definition) is 20. The first-order valence-corrected chi connectivity index (χ1v) is 25.1. The Balaban J connectivity index is 0.00000196. The summed E-state index contributed by atoms with van der Waals surface area (Å²) in [6.07, 6.45) is -0.290. The lowest BCUT2D eigenvalue weighted by Crippen LogP contribution is -2.18. The van der Waals surface area contributed by atoms with Crippen LogP contribution in [0.15, 0.2) is 126 Å². The van der Waals surface area contributed by atoms with E-state index in [2.05, 4.69) is 40.7 Å². The second-order valence-electron chi connectivity index (χ2n) is 13.5. The Labute approximate surface area is 377 Å². The van der Waals surface area contributed by atoms with Crippen LogP contribution in [0, 0.1) is 6.92 Å². The van der Waals surface area contributed by atoms with Crippen LogP contribution in [0.2, 0.25) is 0 Å². The summed E-state index contributed by atoms with van der Waals surface area (Å²) >= 11 is 0. The molecule has 1 heterocycles. The fourth-order valence-electron chi connectivity index (χ4n) is 6.00. The Kier molecular flexibility index (Phi) is 15.8. The van der Waals surface area contributed by atoms with E-state index in [-0.39, 0.29) is 76.1 Å². The van der Waals surface area contributed by atoms with Crippen molar-refractivity contribution in [3.63, 3.8) is 0 Å². The maximum absolute atomic E-state index is 12.5. The molecule has 24 nitrogen and oxygen atoms in total. The Bertz CT molecular complexity index is 3470. The van der Waals surface area contributed by atoms with Crippen molar-refractivity contribution in [2.24, 2.45) is 20.5 Å². The van der Waals surface area contributed by atoms with Gasteiger partial charge in [0.25, 0.3) is 40.5 Å². The standard InChI is InChI=1S/C37H34N8O13S4.O3S/c1-22-15-30(45-44-27-19-29-28(34(21-27)62(55,56)57)9-6-10-32(29)60(49,50)51)31(58-2)16-24(22)18-36-39-35(40-37(41-36)38-13-14-59(46,47)48)17-23-11-12-26(20-33(23)61(52,53)54)43-42-25-7-4-3-5-8-25;1-4(2)3/h3-12,15-16,19-21H,13-14,17-18H2,1-2H3,(H,46,47,48)(H,49,50,51)(H,52,53,54)(H,55,56,57)(H,38,39,40,41);. The number of aromatic nitrogens is 3. The van der Waals surface area contributed by atoms with E-state index >= 15 is 0 Å². The van der Waals surface area contributed by atoms with Crippen LogP contribution in [0.5, 0.6) is 5.75 Å². The van der Waals surface area contributed by atoms with E-state index < -0.39 is 71.5 Å². The molecule has 5 aromatic carbocycles. The van der Waals surface area contributed by atoms with E-state index in [1.165, 1.54) is 31.4 Å². The average molecular weight is 1010 g/mol. The average Bonchev–Trinajstić information content (AvgIpc) is 3.21. The van der Waals surface area contributed by atoms with E-state index in [0.717, 1.165) is 24.3 Å². The number of hydrogen-bond donors (Lipinski definition) is 5. The molecular weight excluding hydrogens is 973 g/mol. The number of aryl methyl sites for hydroxylation is 1. The zero-order chi connectivity index (χ0) is 48.6. The molecule has 0 radical (unpaired) electrons. The van der Waals surface area contributed by atoms with Gasteiger partial charge in [0, 0.05) is 30.2 Å². The molecule has 0 saturated carbocycles. The van der Waals surface area contributed by atoms with Crippen molar-refractivity contribution in [1.29, 1.82) is 0 Å². The number of fused-ring (bicyclic) bond motifs is 1. The molecule has 348 valence electrons. The van der Waals surface area contributed by atoms with Crippen LogP contribution in [0.3, 0.4) is 0 Å². The molecule has 0 atom stereocenters. The normalized spacial score (nSPS) is 12.3. The second-order valence-corrected chi connectivity index (χ2v) is 19.6. The highest BCUT2D eigenvalue weighted by Crippen LogP contribution is 2.36. The zero-order valence-electron chi connectivity index (χ0n) is 33.8. The number of ether oxygens (including phenoxy) is 1. The van der Waals surface area contributed by atoms with Crippen LogP contribution in [0.25, 0.3) is 10.8 Å². The third kappa shape index (κ3) is 14.2. The lowest BCUT2D eigenvalue weighted by Gasteiger charge is -2.13. The molecule has 0 aliphatic heterocycles. The second kappa shape index (κ2) is 20.7. The molecular formula is C37H34N8O16S5. The number of benzene rings is 5. The third-order valence-electron chi connectivity index (χ3n) is 8.80. The molecule has 0 amide bonds. The maximum Gasteiger partial charge on any atom is 0.425 e. The minimum absolute atomic E-state index is 0.000223. The molecule has 6 rings (SSSR count). The van der Waals surface area contributed by atoms with Crippen molar-refractivity contribution in [3.05, 3.63) is 119 Å². The molecule has 0 aliphatic carbocycles. The topological polar surface area (TPSA) is 378 Å². The van der Waals surface area contributed by atoms with Crippen molar-refractivity contribution >= 4 is 90.6 Å². The van der Waals surface area contributed by atoms with Gasteiger partial charge < -0.3 is 10.1 Å². The number of nitrogens with zero attached hydrogens (tertiary/aromatic N) is 7. The molecule has 66 heavy (non-hydrogen) atoms. The summed E-state index contributed by atoms with van der Waals surface area (Å²) < 4.78 is 167. The number of nitrogens with one attached hydrogen (secondary N) is 1. The summed E-state index contributed by atoms with van der Waals surface area (Å²) in [5.41, 5.74) is 1.74. The summed E-state index contributed by atoms with van der Waals surface area (Å²) in [6, 6.07) is 21.4. The third-order valence-corrected chi connectivity index (χ3v) is 12.3. The van der Waals surface area contributed by atoms with Crippen molar-refractivity contribution < 1.29 is 69.2 Å². The van der Waals surface area contributed by atoms with Crippen LogP contribution in [0.1, 0.15) is 28.3 Å². The predicted molar refractivity (Wildman–Crippen MR) is 232 cm³/mol. The molecule has 29 heteroatoms. The molecule has 6 aromatic rings. The van der Waals surface area contributed by atoms with Crippen molar-refractivity contribution in [1.82, 2.24) is 15.0 Å². The first kappa shape index (κ1) is 50.4. The van der Waals surface area contributed by atoms with E-state index in [1.807, 2.05) is 0 Å². The summed E-state index contributed by atoms with van der Waals surface area (Å²) in [5, 5.41) is 18.6. The zero-order valence-corrected chi connectivity index (χ0v) is 37.9. The van der Waals surface area contributed by atoms with Gasteiger partial charge in [-0.05, 0) is 78.2 Å². The monoisotopic (exact) mass is 1010 g/mol. The van der Waals surface area contributed by atoms with E-state index in [0.29, 0.717) is 16.8 Å². The maximum atomic E-state index is 12.5. The van der Waals surface area contributed by atoms with Gasteiger partial charge in [0.1, 0.15) is 32.9 Å². The predicted octanol–water partition coefficient (Wildman–Crippen LogP) is 5.39. The lowest BCUT2D eigenvalue weighted by atomic mass is 10.0. The van der Waals surface area contributed by atoms with Crippen LogP contribution in [-0.4, -0.2) is 98.9 Å². The van der Waals surface area contributed by atoms with Gasteiger partial charge in [0.05, 0.1) is 34.8 Å².